The van der Waals surface area contributed by atoms with E-state index >= 15 is 0 Å². The van der Waals surface area contributed by atoms with Crippen molar-refractivity contribution in [2.75, 3.05) is 19.6 Å². The Labute approximate surface area is 112 Å². The highest BCUT2D eigenvalue weighted by Crippen LogP contribution is 2.25. The molecule has 1 aliphatic heterocycles. The summed E-state index contributed by atoms with van der Waals surface area (Å²) in [5, 5.41) is 3.42. The van der Waals surface area contributed by atoms with Crippen molar-refractivity contribution in [3.8, 4) is 0 Å². The number of nitrogens with zero attached hydrogens (tertiary/aromatic N) is 1. The third kappa shape index (κ3) is 3.85. The molecule has 1 fully saturated rings. The summed E-state index contributed by atoms with van der Waals surface area (Å²) >= 11 is 0. The fourth-order valence-corrected chi connectivity index (χ4v) is 2.54. The van der Waals surface area contributed by atoms with Crippen molar-refractivity contribution in [1.82, 2.24) is 10.2 Å². The summed E-state index contributed by atoms with van der Waals surface area (Å²) < 4.78 is 0. The van der Waals surface area contributed by atoms with Gasteiger partial charge in [0.1, 0.15) is 0 Å². The third-order valence-electron chi connectivity index (χ3n) is 3.51. The maximum Gasteiger partial charge on any atom is 0.242 e. The molecular formula is C13H27ClN2O. The molecule has 1 amide bonds. The van der Waals surface area contributed by atoms with Gasteiger partial charge in [-0.15, -0.1) is 12.4 Å². The Morgan fingerprint density at radius 3 is 2.41 bits per heavy atom. The van der Waals surface area contributed by atoms with Crippen LogP contribution >= 0.6 is 12.4 Å². The molecule has 1 rings (SSSR count). The van der Waals surface area contributed by atoms with E-state index in [4.69, 9.17) is 0 Å². The number of hydrogen-bond acceptors (Lipinski definition) is 2. The Hall–Kier alpha value is -0.280. The van der Waals surface area contributed by atoms with Gasteiger partial charge in [-0.3, -0.25) is 4.79 Å². The van der Waals surface area contributed by atoms with Crippen LogP contribution in [-0.2, 0) is 4.79 Å². The molecule has 1 saturated heterocycles. The average molecular weight is 263 g/mol. The Morgan fingerprint density at radius 2 is 2.06 bits per heavy atom. The number of nitrogens with one attached hydrogen (secondary N) is 1. The topological polar surface area (TPSA) is 32.3 Å². The minimum Gasteiger partial charge on any atom is -0.341 e. The molecule has 17 heavy (non-hydrogen) atoms. The van der Waals surface area contributed by atoms with E-state index in [0.717, 1.165) is 38.9 Å². The Morgan fingerprint density at radius 1 is 1.41 bits per heavy atom. The molecule has 1 heterocycles. The van der Waals surface area contributed by atoms with Gasteiger partial charge in [-0.25, -0.2) is 0 Å². The smallest absolute Gasteiger partial charge is 0.242 e. The first-order chi connectivity index (χ1) is 7.55. The van der Waals surface area contributed by atoms with Crippen LogP contribution in [0.2, 0.25) is 0 Å². The van der Waals surface area contributed by atoms with E-state index in [1.54, 1.807) is 0 Å². The van der Waals surface area contributed by atoms with Gasteiger partial charge in [0, 0.05) is 13.1 Å². The molecule has 0 saturated carbocycles. The van der Waals surface area contributed by atoms with Gasteiger partial charge in [-0.1, -0.05) is 20.8 Å². The highest BCUT2D eigenvalue weighted by Gasteiger charge is 2.41. The van der Waals surface area contributed by atoms with Gasteiger partial charge in [0.15, 0.2) is 0 Å². The minimum atomic E-state index is -0.259. The molecule has 0 aliphatic carbocycles. The number of halogens is 1. The standard InChI is InChI=1S/C13H26N2O.ClH/c1-5-13(8-7-9-14-13)12(16)15(6-2)10-11(3)4;/h11,14H,5-10H2,1-4H3;1H. The summed E-state index contributed by atoms with van der Waals surface area (Å²) in [4.78, 5) is 14.5. The van der Waals surface area contributed by atoms with Crippen LogP contribution in [-0.4, -0.2) is 36.0 Å². The van der Waals surface area contributed by atoms with Crippen LogP contribution in [0.1, 0.15) is 47.0 Å². The van der Waals surface area contributed by atoms with Gasteiger partial charge in [0.05, 0.1) is 5.54 Å². The van der Waals surface area contributed by atoms with E-state index in [1.165, 1.54) is 0 Å². The third-order valence-corrected chi connectivity index (χ3v) is 3.51. The molecule has 0 bridgehead atoms. The maximum atomic E-state index is 12.5. The molecule has 0 aromatic carbocycles. The number of carbonyl (C=O) groups excluding carboxylic acids is 1. The van der Waals surface area contributed by atoms with Crippen LogP contribution < -0.4 is 5.32 Å². The van der Waals surface area contributed by atoms with Crippen LogP contribution in [0.4, 0.5) is 0 Å². The molecule has 1 atom stereocenters. The molecule has 1 N–H and O–H groups in total. The van der Waals surface area contributed by atoms with E-state index in [1.807, 2.05) is 4.90 Å². The van der Waals surface area contributed by atoms with Gasteiger partial charge < -0.3 is 10.2 Å². The Kier molecular flexibility index (Phi) is 7.10. The van der Waals surface area contributed by atoms with Gasteiger partial charge >= 0.3 is 0 Å². The van der Waals surface area contributed by atoms with Gasteiger partial charge in [-0.2, -0.15) is 0 Å². The summed E-state index contributed by atoms with van der Waals surface area (Å²) in [7, 11) is 0. The zero-order chi connectivity index (χ0) is 12.2. The fraction of sp³-hybridized carbons (Fsp3) is 0.923. The quantitative estimate of drug-likeness (QED) is 0.826. The largest absolute Gasteiger partial charge is 0.341 e. The fourth-order valence-electron chi connectivity index (χ4n) is 2.54. The lowest BCUT2D eigenvalue weighted by molar-refractivity contribution is -0.138. The molecule has 3 nitrogen and oxygen atoms in total. The first kappa shape index (κ1) is 16.7. The first-order valence-corrected chi connectivity index (χ1v) is 6.60. The van der Waals surface area contributed by atoms with Crippen LogP contribution in [0.25, 0.3) is 0 Å². The predicted octanol–water partition coefficient (Wildman–Crippen LogP) is 2.44. The van der Waals surface area contributed by atoms with E-state index in [-0.39, 0.29) is 17.9 Å². The number of amides is 1. The van der Waals surface area contributed by atoms with Crippen LogP contribution in [0.3, 0.4) is 0 Å². The molecule has 0 spiro atoms. The number of likely N-dealkylation sites (N-methyl/N-ethyl adjacent to an activating group) is 1. The van der Waals surface area contributed by atoms with Crippen molar-refractivity contribution in [3.63, 3.8) is 0 Å². The Bertz CT molecular complexity index is 238. The summed E-state index contributed by atoms with van der Waals surface area (Å²) in [5.74, 6) is 0.850. The normalized spacial score (nSPS) is 23.6. The molecule has 1 unspecified atom stereocenters. The zero-order valence-corrected chi connectivity index (χ0v) is 12.4. The maximum absolute atomic E-state index is 12.5. The highest BCUT2D eigenvalue weighted by molar-refractivity contribution is 5.86. The molecule has 1 aliphatic rings. The SMILES string of the molecule is CCN(CC(C)C)C(=O)C1(CC)CCCN1.Cl. The van der Waals surface area contributed by atoms with Gasteiger partial charge in [-0.05, 0) is 38.6 Å². The second-order valence-electron chi connectivity index (χ2n) is 5.20. The van der Waals surface area contributed by atoms with Gasteiger partial charge in [0.25, 0.3) is 0 Å². The summed E-state index contributed by atoms with van der Waals surface area (Å²) in [6, 6.07) is 0. The van der Waals surface area contributed by atoms with Crippen LogP contribution in [0.5, 0.6) is 0 Å². The van der Waals surface area contributed by atoms with Crippen molar-refractivity contribution in [2.45, 2.75) is 52.5 Å². The van der Waals surface area contributed by atoms with Crippen molar-refractivity contribution in [2.24, 2.45) is 5.92 Å². The lowest BCUT2D eigenvalue weighted by atomic mass is 9.92. The van der Waals surface area contributed by atoms with Crippen LogP contribution in [0.15, 0.2) is 0 Å². The van der Waals surface area contributed by atoms with Crippen molar-refractivity contribution >= 4 is 18.3 Å². The van der Waals surface area contributed by atoms with E-state index in [0.29, 0.717) is 11.8 Å². The van der Waals surface area contributed by atoms with Crippen molar-refractivity contribution in [1.29, 1.82) is 0 Å². The molecule has 0 radical (unpaired) electrons. The van der Waals surface area contributed by atoms with E-state index < -0.39 is 0 Å². The summed E-state index contributed by atoms with van der Waals surface area (Å²) in [6.45, 7) is 11.2. The zero-order valence-electron chi connectivity index (χ0n) is 11.6. The monoisotopic (exact) mass is 262 g/mol. The van der Waals surface area contributed by atoms with E-state index in [2.05, 4.69) is 33.0 Å². The molecule has 102 valence electrons. The Balaban J connectivity index is 0.00000256. The number of rotatable bonds is 5. The lowest BCUT2D eigenvalue weighted by Gasteiger charge is -2.34. The first-order valence-electron chi connectivity index (χ1n) is 6.60. The molecule has 0 aromatic rings. The molecular weight excluding hydrogens is 236 g/mol. The summed E-state index contributed by atoms with van der Waals surface area (Å²) in [5.41, 5.74) is -0.259. The lowest BCUT2D eigenvalue weighted by Crippen LogP contribution is -2.55. The van der Waals surface area contributed by atoms with Crippen molar-refractivity contribution in [3.05, 3.63) is 0 Å². The second kappa shape index (κ2) is 7.22. The molecule has 4 heteroatoms. The van der Waals surface area contributed by atoms with Gasteiger partial charge in [0.2, 0.25) is 5.91 Å². The predicted molar refractivity (Wildman–Crippen MR) is 74.6 cm³/mol. The minimum absolute atomic E-state index is 0. The molecule has 0 aromatic heterocycles. The average Bonchev–Trinajstić information content (AvgIpc) is 2.74. The van der Waals surface area contributed by atoms with Crippen molar-refractivity contribution < 1.29 is 4.79 Å². The number of carbonyl (C=O) groups is 1. The van der Waals surface area contributed by atoms with E-state index in [9.17, 15) is 4.79 Å². The van der Waals surface area contributed by atoms with Crippen LogP contribution in [0, 0.1) is 5.92 Å². The summed E-state index contributed by atoms with van der Waals surface area (Å²) in [6.07, 6.45) is 3.02. The second-order valence-corrected chi connectivity index (χ2v) is 5.20. The highest BCUT2D eigenvalue weighted by atomic mass is 35.5. The number of hydrogen-bond donors (Lipinski definition) is 1.